The molecule has 3 rings (SSSR count). The number of furan rings is 1. The lowest BCUT2D eigenvalue weighted by molar-refractivity contribution is -0.141. The van der Waals surface area contributed by atoms with Crippen LogP contribution in [-0.4, -0.2) is 53.5 Å². The standard InChI is InChI=1S/C22H25ClN2O4/c1-4-24(5-2)12-13-25-19(17-11-6-14(3)29-17)18(21(27)22(25)28)20(26)15-7-9-16(23)10-8-15/h6-11,18-19H,4-5,12-13H2,1-3H3. The Kier molecular flexibility index (Phi) is 6.55. The molecule has 1 fully saturated rings. The number of carbonyl (C=O) groups is 3. The van der Waals surface area contributed by atoms with Gasteiger partial charge in [0.2, 0.25) is 5.78 Å². The molecule has 1 aliphatic heterocycles. The van der Waals surface area contributed by atoms with Crippen molar-refractivity contribution in [1.82, 2.24) is 9.80 Å². The highest BCUT2D eigenvalue weighted by molar-refractivity contribution is 6.44. The van der Waals surface area contributed by atoms with E-state index >= 15 is 0 Å². The first-order chi connectivity index (χ1) is 13.9. The molecule has 1 amide bonds. The van der Waals surface area contributed by atoms with E-state index in [1.54, 1.807) is 43.3 Å². The van der Waals surface area contributed by atoms with E-state index in [0.29, 0.717) is 35.2 Å². The molecule has 29 heavy (non-hydrogen) atoms. The summed E-state index contributed by atoms with van der Waals surface area (Å²) in [5, 5.41) is 0.495. The number of aryl methyl sites for hydroxylation is 1. The molecule has 1 aromatic heterocycles. The maximum absolute atomic E-state index is 13.2. The second-order valence-corrected chi connectivity index (χ2v) is 7.57. The fourth-order valence-electron chi connectivity index (χ4n) is 3.74. The van der Waals surface area contributed by atoms with E-state index in [1.807, 2.05) is 13.8 Å². The lowest BCUT2D eigenvalue weighted by Gasteiger charge is -2.28. The predicted molar refractivity (Wildman–Crippen MR) is 110 cm³/mol. The lowest BCUT2D eigenvalue weighted by atomic mass is 9.89. The van der Waals surface area contributed by atoms with Crippen LogP contribution in [0, 0.1) is 12.8 Å². The molecule has 0 saturated carbocycles. The van der Waals surface area contributed by atoms with E-state index in [4.69, 9.17) is 16.0 Å². The van der Waals surface area contributed by atoms with Gasteiger partial charge in [0, 0.05) is 23.7 Å². The number of likely N-dealkylation sites (N-methyl/N-ethyl adjacent to an activating group) is 1. The number of benzene rings is 1. The zero-order valence-corrected chi connectivity index (χ0v) is 17.6. The Bertz CT molecular complexity index is 902. The van der Waals surface area contributed by atoms with Crippen molar-refractivity contribution >= 4 is 29.1 Å². The monoisotopic (exact) mass is 416 g/mol. The average Bonchev–Trinajstić information content (AvgIpc) is 3.24. The van der Waals surface area contributed by atoms with E-state index in [-0.39, 0.29) is 0 Å². The highest BCUT2D eigenvalue weighted by Gasteiger charge is 2.52. The number of likely N-dealkylation sites (tertiary alicyclic amines) is 1. The number of Topliss-reactive ketones (excluding diaryl/α,β-unsaturated/α-hetero) is 2. The van der Waals surface area contributed by atoms with Gasteiger partial charge in [-0.3, -0.25) is 14.4 Å². The minimum Gasteiger partial charge on any atom is -0.464 e. The molecule has 2 heterocycles. The van der Waals surface area contributed by atoms with E-state index in [0.717, 1.165) is 13.1 Å². The molecule has 0 radical (unpaired) electrons. The van der Waals surface area contributed by atoms with Crippen LogP contribution in [0.2, 0.25) is 5.02 Å². The van der Waals surface area contributed by atoms with Gasteiger partial charge in [-0.05, 0) is 56.4 Å². The Morgan fingerprint density at radius 3 is 2.31 bits per heavy atom. The van der Waals surface area contributed by atoms with Crippen LogP contribution in [0.3, 0.4) is 0 Å². The third-order valence-electron chi connectivity index (χ3n) is 5.42. The quantitative estimate of drug-likeness (QED) is 0.374. The van der Waals surface area contributed by atoms with Crippen molar-refractivity contribution in [3.05, 3.63) is 58.5 Å². The number of amides is 1. The van der Waals surface area contributed by atoms with Crippen LogP contribution in [0.1, 0.15) is 41.8 Å². The second kappa shape index (κ2) is 8.93. The van der Waals surface area contributed by atoms with Crippen molar-refractivity contribution in [3.8, 4) is 0 Å². The van der Waals surface area contributed by atoms with E-state index < -0.39 is 29.4 Å². The van der Waals surface area contributed by atoms with Crippen molar-refractivity contribution < 1.29 is 18.8 Å². The summed E-state index contributed by atoms with van der Waals surface area (Å²) < 4.78 is 5.76. The van der Waals surface area contributed by atoms with Crippen LogP contribution in [-0.2, 0) is 9.59 Å². The Balaban J connectivity index is 1.97. The molecule has 2 aromatic rings. The Morgan fingerprint density at radius 2 is 1.76 bits per heavy atom. The van der Waals surface area contributed by atoms with Gasteiger partial charge in [-0.2, -0.15) is 0 Å². The van der Waals surface area contributed by atoms with Crippen LogP contribution in [0.4, 0.5) is 0 Å². The largest absolute Gasteiger partial charge is 0.464 e. The van der Waals surface area contributed by atoms with Gasteiger partial charge in [0.25, 0.3) is 5.91 Å². The zero-order chi connectivity index (χ0) is 21.1. The van der Waals surface area contributed by atoms with Crippen molar-refractivity contribution in [3.63, 3.8) is 0 Å². The van der Waals surface area contributed by atoms with E-state index in [9.17, 15) is 14.4 Å². The van der Waals surface area contributed by atoms with Gasteiger partial charge in [0.15, 0.2) is 5.78 Å². The van der Waals surface area contributed by atoms with Gasteiger partial charge in [-0.1, -0.05) is 25.4 Å². The molecule has 154 valence electrons. The van der Waals surface area contributed by atoms with E-state index in [1.165, 1.54) is 4.90 Å². The Hall–Kier alpha value is -2.44. The average molecular weight is 417 g/mol. The van der Waals surface area contributed by atoms with Crippen LogP contribution < -0.4 is 0 Å². The summed E-state index contributed by atoms with van der Waals surface area (Å²) in [5.74, 6) is -1.75. The number of hydrogen-bond acceptors (Lipinski definition) is 5. The Morgan fingerprint density at radius 1 is 1.10 bits per heavy atom. The molecule has 2 unspecified atom stereocenters. The number of carbonyl (C=O) groups excluding carboxylic acids is 3. The summed E-state index contributed by atoms with van der Waals surface area (Å²) in [6.45, 7) is 8.51. The molecule has 1 aliphatic rings. The lowest BCUT2D eigenvalue weighted by Crippen LogP contribution is -2.38. The topological polar surface area (TPSA) is 70.8 Å². The molecule has 0 spiro atoms. The number of nitrogens with zero attached hydrogens (tertiary/aromatic N) is 2. The minimum atomic E-state index is -1.13. The molecule has 0 bridgehead atoms. The normalized spacial score (nSPS) is 19.4. The number of rotatable bonds is 8. The SMILES string of the molecule is CCN(CC)CCN1C(=O)C(=O)C(C(=O)c2ccc(Cl)cc2)C1c1ccc(C)o1. The molecule has 1 aromatic carbocycles. The summed E-state index contributed by atoms with van der Waals surface area (Å²) in [4.78, 5) is 42.6. The smallest absolute Gasteiger partial charge is 0.291 e. The molecule has 1 saturated heterocycles. The minimum absolute atomic E-state index is 0.347. The number of hydrogen-bond donors (Lipinski definition) is 0. The van der Waals surface area contributed by atoms with Gasteiger partial charge in [0.05, 0.1) is 0 Å². The van der Waals surface area contributed by atoms with Gasteiger partial charge >= 0.3 is 0 Å². The summed E-state index contributed by atoms with van der Waals surface area (Å²) in [6, 6.07) is 9.10. The predicted octanol–water partition coefficient (Wildman–Crippen LogP) is 3.53. The first-order valence-electron chi connectivity index (χ1n) is 9.80. The fraction of sp³-hybridized carbons (Fsp3) is 0.409. The van der Waals surface area contributed by atoms with Crippen LogP contribution in [0.5, 0.6) is 0 Å². The van der Waals surface area contributed by atoms with E-state index in [2.05, 4.69) is 4.90 Å². The fourth-order valence-corrected chi connectivity index (χ4v) is 3.87. The molecule has 2 atom stereocenters. The second-order valence-electron chi connectivity index (χ2n) is 7.13. The first-order valence-corrected chi connectivity index (χ1v) is 10.2. The van der Waals surface area contributed by atoms with Crippen LogP contribution in [0.25, 0.3) is 0 Å². The highest BCUT2D eigenvalue weighted by Crippen LogP contribution is 2.38. The molecule has 0 aliphatic carbocycles. The molecule has 0 N–H and O–H groups in total. The summed E-state index contributed by atoms with van der Waals surface area (Å²) in [7, 11) is 0. The maximum Gasteiger partial charge on any atom is 0.291 e. The summed E-state index contributed by atoms with van der Waals surface area (Å²) in [6.07, 6.45) is 0. The molecular weight excluding hydrogens is 392 g/mol. The summed E-state index contributed by atoms with van der Waals surface area (Å²) in [5.41, 5.74) is 0.347. The Labute approximate surface area is 175 Å². The van der Waals surface area contributed by atoms with Gasteiger partial charge in [-0.15, -0.1) is 0 Å². The molecule has 6 nitrogen and oxygen atoms in total. The highest BCUT2D eigenvalue weighted by atomic mass is 35.5. The third kappa shape index (κ3) is 4.28. The number of ketones is 2. The zero-order valence-electron chi connectivity index (χ0n) is 16.9. The summed E-state index contributed by atoms with van der Waals surface area (Å²) >= 11 is 5.92. The van der Waals surface area contributed by atoms with Gasteiger partial charge < -0.3 is 14.2 Å². The molecular formula is C22H25ClN2O4. The van der Waals surface area contributed by atoms with Crippen molar-refractivity contribution in [2.75, 3.05) is 26.2 Å². The van der Waals surface area contributed by atoms with Crippen LogP contribution in [0.15, 0.2) is 40.8 Å². The third-order valence-corrected chi connectivity index (χ3v) is 5.67. The van der Waals surface area contributed by atoms with Crippen molar-refractivity contribution in [1.29, 1.82) is 0 Å². The van der Waals surface area contributed by atoms with Gasteiger partial charge in [0.1, 0.15) is 23.5 Å². The van der Waals surface area contributed by atoms with Crippen molar-refractivity contribution in [2.24, 2.45) is 5.92 Å². The number of halogens is 1. The van der Waals surface area contributed by atoms with Gasteiger partial charge in [-0.25, -0.2) is 0 Å². The van der Waals surface area contributed by atoms with Crippen molar-refractivity contribution in [2.45, 2.75) is 26.8 Å². The first kappa shape index (κ1) is 21.3. The van der Waals surface area contributed by atoms with Crippen LogP contribution >= 0.6 is 11.6 Å². The maximum atomic E-state index is 13.2. The molecule has 7 heteroatoms.